The molecule has 1 heterocycles. The van der Waals surface area contributed by atoms with Gasteiger partial charge in [-0.3, -0.25) is 4.68 Å². The van der Waals surface area contributed by atoms with E-state index < -0.39 is 0 Å². The van der Waals surface area contributed by atoms with E-state index in [1.54, 1.807) is 6.20 Å². The number of hydrogen-bond donors (Lipinski definition) is 1. The average Bonchev–Trinajstić information content (AvgIpc) is 2.48. The summed E-state index contributed by atoms with van der Waals surface area (Å²) < 4.78 is 1.82. The number of nitrogens with zero attached hydrogens (tertiary/aromatic N) is 2. The zero-order valence-corrected chi connectivity index (χ0v) is 7.20. The van der Waals surface area contributed by atoms with Gasteiger partial charge in [-0.25, -0.2) is 0 Å². The molecule has 0 saturated heterocycles. The van der Waals surface area contributed by atoms with Crippen molar-refractivity contribution in [2.75, 3.05) is 0 Å². The molecule has 0 spiro atoms. The minimum atomic E-state index is 0.0459. The first-order valence-electron chi connectivity index (χ1n) is 3.95. The Bertz CT molecular complexity index is 280. The van der Waals surface area contributed by atoms with E-state index in [9.17, 15) is 0 Å². The van der Waals surface area contributed by atoms with E-state index in [1.165, 1.54) is 0 Å². The van der Waals surface area contributed by atoms with Crippen molar-refractivity contribution in [1.29, 1.82) is 0 Å². The fraction of sp³-hybridized carbons (Fsp3) is 0.444. The normalized spacial score (nSPS) is 12.4. The molecule has 0 aliphatic heterocycles. The third-order valence-corrected chi connectivity index (χ3v) is 1.66. The standard InChI is InChI=1S/C9H13N3/c1-3-4-5-12-7-9(6-11-12)8(2)10/h1,6-8H,4-5,10H2,2H3/t8-/m1/s1. The van der Waals surface area contributed by atoms with Crippen molar-refractivity contribution in [3.8, 4) is 12.3 Å². The molecular weight excluding hydrogens is 150 g/mol. The molecule has 2 N–H and O–H groups in total. The summed E-state index contributed by atoms with van der Waals surface area (Å²) in [5, 5.41) is 4.12. The van der Waals surface area contributed by atoms with Gasteiger partial charge < -0.3 is 5.73 Å². The Morgan fingerprint density at radius 2 is 2.58 bits per heavy atom. The van der Waals surface area contributed by atoms with Gasteiger partial charge in [0.05, 0.1) is 12.7 Å². The van der Waals surface area contributed by atoms with Crippen LogP contribution in [0.25, 0.3) is 0 Å². The van der Waals surface area contributed by atoms with Crippen LogP contribution in [0.4, 0.5) is 0 Å². The molecule has 0 aliphatic carbocycles. The van der Waals surface area contributed by atoms with Gasteiger partial charge in [0.15, 0.2) is 0 Å². The Balaban J connectivity index is 2.59. The predicted molar refractivity (Wildman–Crippen MR) is 48.3 cm³/mol. The fourth-order valence-electron chi connectivity index (χ4n) is 0.916. The van der Waals surface area contributed by atoms with Crippen LogP contribution < -0.4 is 5.73 Å². The van der Waals surface area contributed by atoms with Crippen molar-refractivity contribution in [1.82, 2.24) is 9.78 Å². The molecule has 1 rings (SSSR count). The summed E-state index contributed by atoms with van der Waals surface area (Å²) in [5.41, 5.74) is 6.71. The fourth-order valence-corrected chi connectivity index (χ4v) is 0.916. The van der Waals surface area contributed by atoms with Crippen LogP contribution in [0.15, 0.2) is 12.4 Å². The molecular formula is C9H13N3. The van der Waals surface area contributed by atoms with Crippen molar-refractivity contribution in [2.45, 2.75) is 25.9 Å². The zero-order valence-electron chi connectivity index (χ0n) is 7.20. The molecule has 3 nitrogen and oxygen atoms in total. The van der Waals surface area contributed by atoms with E-state index >= 15 is 0 Å². The molecule has 3 heteroatoms. The number of terminal acetylenes is 1. The minimum absolute atomic E-state index is 0.0459. The molecule has 64 valence electrons. The maximum absolute atomic E-state index is 5.66. The SMILES string of the molecule is C#CCCn1cc([C@@H](C)N)cn1. The van der Waals surface area contributed by atoms with Gasteiger partial charge in [0.2, 0.25) is 0 Å². The molecule has 1 aromatic heterocycles. The molecule has 1 atom stereocenters. The van der Waals surface area contributed by atoms with Crippen LogP contribution >= 0.6 is 0 Å². The largest absolute Gasteiger partial charge is 0.324 e. The summed E-state index contributed by atoms with van der Waals surface area (Å²) in [6.07, 6.45) is 9.55. The molecule has 0 aliphatic rings. The number of hydrogen-bond acceptors (Lipinski definition) is 2. The van der Waals surface area contributed by atoms with Gasteiger partial charge in [0, 0.05) is 24.2 Å². The average molecular weight is 163 g/mol. The number of rotatable bonds is 3. The van der Waals surface area contributed by atoms with Crippen LogP contribution in [0.3, 0.4) is 0 Å². The quantitative estimate of drug-likeness (QED) is 0.673. The lowest BCUT2D eigenvalue weighted by atomic mass is 10.2. The number of aryl methyl sites for hydroxylation is 1. The summed E-state index contributed by atoms with van der Waals surface area (Å²) in [6, 6.07) is 0.0459. The van der Waals surface area contributed by atoms with Crippen LogP contribution in [-0.2, 0) is 6.54 Å². The molecule has 0 bridgehead atoms. The highest BCUT2D eigenvalue weighted by molar-refractivity contribution is 5.08. The number of aromatic nitrogens is 2. The van der Waals surface area contributed by atoms with Gasteiger partial charge >= 0.3 is 0 Å². The van der Waals surface area contributed by atoms with E-state index in [2.05, 4.69) is 11.0 Å². The van der Waals surface area contributed by atoms with E-state index in [0.717, 1.165) is 12.1 Å². The smallest absolute Gasteiger partial charge is 0.0537 e. The first kappa shape index (κ1) is 8.82. The van der Waals surface area contributed by atoms with Gasteiger partial charge in [-0.2, -0.15) is 5.10 Å². The second-order valence-corrected chi connectivity index (χ2v) is 2.78. The topological polar surface area (TPSA) is 43.8 Å². The van der Waals surface area contributed by atoms with Crippen LogP contribution in [0, 0.1) is 12.3 Å². The second-order valence-electron chi connectivity index (χ2n) is 2.78. The minimum Gasteiger partial charge on any atom is -0.324 e. The number of nitrogens with two attached hydrogens (primary N) is 1. The Hall–Kier alpha value is -1.27. The van der Waals surface area contributed by atoms with E-state index in [0.29, 0.717) is 6.42 Å². The van der Waals surface area contributed by atoms with Gasteiger partial charge in [-0.05, 0) is 6.92 Å². The third-order valence-electron chi connectivity index (χ3n) is 1.66. The molecule has 0 amide bonds. The second kappa shape index (κ2) is 3.93. The summed E-state index contributed by atoms with van der Waals surface area (Å²) >= 11 is 0. The lowest BCUT2D eigenvalue weighted by molar-refractivity contribution is 0.628. The van der Waals surface area contributed by atoms with Gasteiger partial charge in [-0.15, -0.1) is 12.3 Å². The Morgan fingerprint density at radius 1 is 1.83 bits per heavy atom. The lowest BCUT2D eigenvalue weighted by Crippen LogP contribution is -2.03. The van der Waals surface area contributed by atoms with Crippen molar-refractivity contribution in [3.05, 3.63) is 18.0 Å². The van der Waals surface area contributed by atoms with Gasteiger partial charge in [-0.1, -0.05) is 0 Å². The van der Waals surface area contributed by atoms with Crippen LogP contribution in [0.1, 0.15) is 24.9 Å². The van der Waals surface area contributed by atoms with E-state index in [4.69, 9.17) is 12.2 Å². The van der Waals surface area contributed by atoms with Crippen LogP contribution in [0.5, 0.6) is 0 Å². The molecule has 0 fully saturated rings. The van der Waals surface area contributed by atoms with Crippen molar-refractivity contribution in [3.63, 3.8) is 0 Å². The molecule has 0 aromatic carbocycles. The molecule has 1 aromatic rings. The maximum atomic E-state index is 5.66. The Labute approximate surface area is 72.6 Å². The molecule has 12 heavy (non-hydrogen) atoms. The predicted octanol–water partition coefficient (Wildman–Crippen LogP) is 0.926. The van der Waals surface area contributed by atoms with Gasteiger partial charge in [0.1, 0.15) is 0 Å². The summed E-state index contributed by atoms with van der Waals surface area (Å²) in [7, 11) is 0. The first-order chi connectivity index (χ1) is 5.74. The molecule has 0 saturated carbocycles. The Kier molecular flexibility index (Phi) is 2.89. The highest BCUT2D eigenvalue weighted by atomic mass is 15.3. The summed E-state index contributed by atoms with van der Waals surface area (Å²) in [6.45, 7) is 2.70. The highest BCUT2D eigenvalue weighted by Gasteiger charge is 2.01. The molecule has 0 unspecified atom stereocenters. The molecule has 0 radical (unpaired) electrons. The summed E-state index contributed by atoms with van der Waals surface area (Å²) in [4.78, 5) is 0. The Morgan fingerprint density at radius 3 is 3.08 bits per heavy atom. The van der Waals surface area contributed by atoms with Crippen LogP contribution in [-0.4, -0.2) is 9.78 Å². The van der Waals surface area contributed by atoms with Crippen LogP contribution in [0.2, 0.25) is 0 Å². The highest BCUT2D eigenvalue weighted by Crippen LogP contribution is 2.06. The lowest BCUT2D eigenvalue weighted by Gasteiger charge is -1.98. The maximum Gasteiger partial charge on any atom is 0.0537 e. The zero-order chi connectivity index (χ0) is 8.97. The van der Waals surface area contributed by atoms with E-state index in [-0.39, 0.29) is 6.04 Å². The van der Waals surface area contributed by atoms with Crippen molar-refractivity contribution >= 4 is 0 Å². The van der Waals surface area contributed by atoms with Crippen molar-refractivity contribution in [2.24, 2.45) is 5.73 Å². The third kappa shape index (κ3) is 2.11. The van der Waals surface area contributed by atoms with Crippen molar-refractivity contribution < 1.29 is 0 Å². The monoisotopic (exact) mass is 163 g/mol. The first-order valence-corrected chi connectivity index (χ1v) is 3.95. The summed E-state index contributed by atoms with van der Waals surface area (Å²) in [5.74, 6) is 2.56. The van der Waals surface area contributed by atoms with E-state index in [1.807, 2.05) is 17.8 Å². The van der Waals surface area contributed by atoms with Gasteiger partial charge in [0.25, 0.3) is 0 Å².